The van der Waals surface area contributed by atoms with Crippen LogP contribution in [0.15, 0.2) is 29.2 Å². The van der Waals surface area contributed by atoms with Crippen molar-refractivity contribution in [2.45, 2.75) is 31.6 Å². The van der Waals surface area contributed by atoms with Crippen LogP contribution in [0.4, 0.5) is 0 Å². The molecule has 0 saturated heterocycles. The molecule has 3 heteroatoms. The van der Waals surface area contributed by atoms with Crippen molar-refractivity contribution in [3.8, 4) is 0 Å². The second-order valence-corrected chi connectivity index (χ2v) is 6.07. The van der Waals surface area contributed by atoms with E-state index in [1.165, 1.54) is 22.6 Å². The maximum Gasteiger partial charge on any atom is 0.00721 e. The monoisotopic (exact) mass is 266 g/mol. The van der Waals surface area contributed by atoms with Crippen LogP contribution in [0.3, 0.4) is 0 Å². The van der Waals surface area contributed by atoms with Gasteiger partial charge in [0.05, 0.1) is 0 Å². The molecule has 1 aromatic carbocycles. The van der Waals surface area contributed by atoms with E-state index in [2.05, 4.69) is 38.1 Å². The van der Waals surface area contributed by atoms with Crippen LogP contribution in [0.1, 0.15) is 25.8 Å². The first kappa shape index (κ1) is 15.5. The summed E-state index contributed by atoms with van der Waals surface area (Å²) >= 11 is 1.92. The van der Waals surface area contributed by atoms with Crippen LogP contribution in [-0.2, 0) is 6.42 Å². The van der Waals surface area contributed by atoms with E-state index in [-0.39, 0.29) is 0 Å². The fourth-order valence-electron chi connectivity index (χ4n) is 2.04. The standard InChI is InChI=1S/C15H26N2S/c1-3-8-18-15-6-4-13(5-7-15)9-12(2)14(10-16)11-17/h4-7,12,14H,3,8-11,16-17H2,1-2H3. The van der Waals surface area contributed by atoms with Crippen molar-refractivity contribution in [1.29, 1.82) is 0 Å². The quantitative estimate of drug-likeness (QED) is 0.711. The van der Waals surface area contributed by atoms with E-state index >= 15 is 0 Å². The van der Waals surface area contributed by atoms with Crippen molar-refractivity contribution >= 4 is 11.8 Å². The predicted molar refractivity (Wildman–Crippen MR) is 81.9 cm³/mol. The number of rotatable bonds is 8. The third-order valence-electron chi connectivity index (χ3n) is 3.36. The van der Waals surface area contributed by atoms with Crippen molar-refractivity contribution in [2.75, 3.05) is 18.8 Å². The summed E-state index contributed by atoms with van der Waals surface area (Å²) in [6.45, 7) is 5.82. The number of hydrogen-bond donors (Lipinski definition) is 2. The highest BCUT2D eigenvalue weighted by Gasteiger charge is 2.14. The van der Waals surface area contributed by atoms with Gasteiger partial charge in [0.15, 0.2) is 0 Å². The highest BCUT2D eigenvalue weighted by Crippen LogP contribution is 2.21. The van der Waals surface area contributed by atoms with Gasteiger partial charge in [-0.2, -0.15) is 0 Å². The number of nitrogens with two attached hydrogens (primary N) is 2. The van der Waals surface area contributed by atoms with Crippen molar-refractivity contribution in [3.63, 3.8) is 0 Å². The van der Waals surface area contributed by atoms with Crippen LogP contribution in [-0.4, -0.2) is 18.8 Å². The fraction of sp³-hybridized carbons (Fsp3) is 0.600. The SMILES string of the molecule is CCCSc1ccc(CC(C)C(CN)CN)cc1. The van der Waals surface area contributed by atoms with Crippen LogP contribution in [0.2, 0.25) is 0 Å². The van der Waals surface area contributed by atoms with Crippen LogP contribution in [0.5, 0.6) is 0 Å². The van der Waals surface area contributed by atoms with E-state index in [0.717, 1.165) is 6.42 Å². The summed E-state index contributed by atoms with van der Waals surface area (Å²) in [5.74, 6) is 2.17. The lowest BCUT2D eigenvalue weighted by Gasteiger charge is -2.20. The summed E-state index contributed by atoms with van der Waals surface area (Å²) in [6.07, 6.45) is 2.29. The Hall–Kier alpha value is -0.510. The fourth-order valence-corrected chi connectivity index (χ4v) is 2.81. The first-order valence-electron chi connectivity index (χ1n) is 6.83. The van der Waals surface area contributed by atoms with Gasteiger partial charge in [-0.25, -0.2) is 0 Å². The molecular formula is C15H26N2S. The number of thioether (sulfide) groups is 1. The van der Waals surface area contributed by atoms with Gasteiger partial charge in [0.2, 0.25) is 0 Å². The molecule has 0 heterocycles. The maximum atomic E-state index is 5.73. The minimum absolute atomic E-state index is 0.430. The Kier molecular flexibility index (Phi) is 7.40. The first-order valence-corrected chi connectivity index (χ1v) is 7.81. The molecule has 0 aliphatic rings. The molecule has 1 unspecified atom stereocenters. The van der Waals surface area contributed by atoms with Crippen molar-refractivity contribution in [3.05, 3.63) is 29.8 Å². The molecule has 4 N–H and O–H groups in total. The summed E-state index contributed by atoms with van der Waals surface area (Å²) in [7, 11) is 0. The van der Waals surface area contributed by atoms with Crippen LogP contribution in [0.25, 0.3) is 0 Å². The van der Waals surface area contributed by atoms with Gasteiger partial charge in [-0.1, -0.05) is 26.0 Å². The second-order valence-electron chi connectivity index (χ2n) is 4.91. The van der Waals surface area contributed by atoms with Gasteiger partial charge in [-0.05, 0) is 61.2 Å². The van der Waals surface area contributed by atoms with Gasteiger partial charge in [0.25, 0.3) is 0 Å². The Bertz CT molecular complexity index is 320. The number of benzene rings is 1. The van der Waals surface area contributed by atoms with E-state index in [9.17, 15) is 0 Å². The number of hydrogen-bond acceptors (Lipinski definition) is 3. The minimum atomic E-state index is 0.430. The first-order chi connectivity index (χ1) is 8.71. The van der Waals surface area contributed by atoms with Crippen molar-refractivity contribution < 1.29 is 0 Å². The van der Waals surface area contributed by atoms with Gasteiger partial charge in [-0.15, -0.1) is 11.8 Å². The zero-order chi connectivity index (χ0) is 13.4. The highest BCUT2D eigenvalue weighted by atomic mass is 32.2. The van der Waals surface area contributed by atoms with Crippen LogP contribution >= 0.6 is 11.8 Å². The third-order valence-corrected chi connectivity index (χ3v) is 4.58. The zero-order valence-corrected chi connectivity index (χ0v) is 12.4. The Labute approximate surface area is 116 Å². The Morgan fingerprint density at radius 2 is 1.72 bits per heavy atom. The van der Waals surface area contributed by atoms with Gasteiger partial charge in [0.1, 0.15) is 0 Å². The molecule has 1 aromatic rings. The lowest BCUT2D eigenvalue weighted by molar-refractivity contribution is 0.372. The summed E-state index contributed by atoms with van der Waals surface area (Å²) < 4.78 is 0. The summed E-state index contributed by atoms with van der Waals surface area (Å²) in [5.41, 5.74) is 12.9. The smallest absolute Gasteiger partial charge is 0.00721 e. The lowest BCUT2D eigenvalue weighted by atomic mass is 9.88. The molecule has 1 atom stereocenters. The average Bonchev–Trinajstić information content (AvgIpc) is 2.39. The molecule has 1 rings (SSSR count). The molecule has 0 bridgehead atoms. The van der Waals surface area contributed by atoms with E-state index < -0.39 is 0 Å². The molecule has 2 nitrogen and oxygen atoms in total. The average molecular weight is 266 g/mol. The predicted octanol–water partition coefficient (Wildman–Crippen LogP) is 2.90. The molecule has 0 aliphatic carbocycles. The Morgan fingerprint density at radius 3 is 2.22 bits per heavy atom. The van der Waals surface area contributed by atoms with E-state index in [1.807, 2.05) is 11.8 Å². The highest BCUT2D eigenvalue weighted by molar-refractivity contribution is 7.99. The summed E-state index contributed by atoms with van der Waals surface area (Å²) in [5, 5.41) is 0. The molecule has 0 radical (unpaired) electrons. The summed E-state index contributed by atoms with van der Waals surface area (Å²) in [4.78, 5) is 1.36. The molecule has 0 fully saturated rings. The molecule has 0 spiro atoms. The van der Waals surface area contributed by atoms with E-state index in [1.54, 1.807) is 0 Å². The molecular weight excluding hydrogens is 240 g/mol. The zero-order valence-electron chi connectivity index (χ0n) is 11.6. The third kappa shape index (κ3) is 5.01. The molecule has 0 amide bonds. The molecule has 18 heavy (non-hydrogen) atoms. The topological polar surface area (TPSA) is 52.0 Å². The molecule has 0 aliphatic heterocycles. The summed E-state index contributed by atoms with van der Waals surface area (Å²) in [6, 6.07) is 8.92. The molecule has 0 saturated carbocycles. The van der Waals surface area contributed by atoms with Crippen molar-refractivity contribution in [2.24, 2.45) is 23.3 Å². The minimum Gasteiger partial charge on any atom is -0.330 e. The van der Waals surface area contributed by atoms with Crippen LogP contribution < -0.4 is 11.5 Å². The molecule has 0 aromatic heterocycles. The van der Waals surface area contributed by atoms with Crippen molar-refractivity contribution in [1.82, 2.24) is 0 Å². The Balaban J connectivity index is 2.52. The van der Waals surface area contributed by atoms with Gasteiger partial charge >= 0.3 is 0 Å². The maximum absolute atomic E-state index is 5.73. The van der Waals surface area contributed by atoms with Gasteiger partial charge in [0, 0.05) is 4.90 Å². The van der Waals surface area contributed by atoms with E-state index in [4.69, 9.17) is 11.5 Å². The van der Waals surface area contributed by atoms with Gasteiger partial charge in [-0.3, -0.25) is 0 Å². The second kappa shape index (κ2) is 8.57. The van der Waals surface area contributed by atoms with Crippen LogP contribution in [0, 0.1) is 11.8 Å². The Morgan fingerprint density at radius 1 is 1.11 bits per heavy atom. The lowest BCUT2D eigenvalue weighted by Crippen LogP contribution is -2.30. The van der Waals surface area contributed by atoms with Gasteiger partial charge < -0.3 is 11.5 Å². The molecule has 102 valence electrons. The van der Waals surface area contributed by atoms with E-state index in [0.29, 0.717) is 24.9 Å². The largest absolute Gasteiger partial charge is 0.330 e. The normalized spacial score (nSPS) is 12.9.